The molecule has 0 amide bonds. The largest absolute Gasteiger partial charge is 0.479 e. The molecule has 0 saturated heterocycles. The van der Waals surface area contributed by atoms with E-state index in [9.17, 15) is 15.2 Å². The Morgan fingerprint density at radius 3 is 2.68 bits per heavy atom. The third-order valence-corrected chi connectivity index (χ3v) is 4.97. The molecule has 3 rings (SSSR count). The normalized spacial score (nSPS) is 10.7. The van der Waals surface area contributed by atoms with Crippen molar-refractivity contribution in [2.24, 2.45) is 0 Å². The highest BCUT2D eigenvalue weighted by atomic mass is 32.2. The van der Waals surface area contributed by atoms with Gasteiger partial charge in [0.15, 0.2) is 5.16 Å². The minimum absolute atomic E-state index is 0.0702. The van der Waals surface area contributed by atoms with Gasteiger partial charge in [0.2, 0.25) is 0 Å². The molecule has 112 valence electrons. The van der Waals surface area contributed by atoms with E-state index in [1.807, 2.05) is 30.3 Å². The van der Waals surface area contributed by atoms with Crippen molar-refractivity contribution in [2.45, 2.75) is 15.9 Å². The number of rotatable bonds is 5. The van der Waals surface area contributed by atoms with Gasteiger partial charge in [-0.3, -0.25) is 14.7 Å². The second-order valence-electron chi connectivity index (χ2n) is 4.31. The maximum Gasteiger partial charge on any atom is 0.325 e. The third kappa shape index (κ3) is 3.10. The van der Waals surface area contributed by atoms with Crippen LogP contribution in [0.2, 0.25) is 0 Å². The highest BCUT2D eigenvalue weighted by Gasteiger charge is 2.16. The van der Waals surface area contributed by atoms with Gasteiger partial charge in [-0.1, -0.05) is 46.8 Å². The quantitative estimate of drug-likeness (QED) is 0.569. The molecular weight excluding hydrogens is 324 g/mol. The number of hydrogen-bond acceptors (Lipinski definition) is 7. The van der Waals surface area contributed by atoms with Crippen LogP contribution in [0.4, 0.5) is 5.00 Å². The first-order chi connectivity index (χ1) is 10.6. The van der Waals surface area contributed by atoms with Gasteiger partial charge in [0, 0.05) is 6.07 Å². The molecule has 0 radical (unpaired) electrons. The SMILES string of the molecule is O=[N+]([O-])c1ccc(Sc2nnc(O)n2Cc2ccccc2)s1. The lowest BCUT2D eigenvalue weighted by Crippen LogP contribution is -2.00. The summed E-state index contributed by atoms with van der Waals surface area (Å²) in [5.74, 6) is 0. The third-order valence-electron chi connectivity index (χ3n) is 2.82. The lowest BCUT2D eigenvalue weighted by molar-refractivity contribution is -0.380. The van der Waals surface area contributed by atoms with Crippen molar-refractivity contribution < 1.29 is 10.0 Å². The van der Waals surface area contributed by atoms with Crippen molar-refractivity contribution in [1.82, 2.24) is 14.8 Å². The summed E-state index contributed by atoms with van der Waals surface area (Å²) < 4.78 is 2.28. The maximum absolute atomic E-state index is 10.7. The van der Waals surface area contributed by atoms with E-state index in [-0.39, 0.29) is 11.0 Å². The number of aromatic nitrogens is 3. The molecule has 0 bridgehead atoms. The Morgan fingerprint density at radius 2 is 2.00 bits per heavy atom. The molecule has 1 N–H and O–H groups in total. The summed E-state index contributed by atoms with van der Waals surface area (Å²) in [5.41, 5.74) is 0.997. The zero-order valence-electron chi connectivity index (χ0n) is 11.1. The first kappa shape index (κ1) is 14.5. The minimum Gasteiger partial charge on any atom is -0.479 e. The molecule has 0 aliphatic rings. The van der Waals surface area contributed by atoms with Gasteiger partial charge in [0.1, 0.15) is 0 Å². The predicted octanol–water partition coefficient (Wildman–Crippen LogP) is 3.15. The van der Waals surface area contributed by atoms with Gasteiger partial charge in [-0.15, -0.1) is 5.10 Å². The van der Waals surface area contributed by atoms with E-state index in [4.69, 9.17) is 0 Å². The fourth-order valence-electron chi connectivity index (χ4n) is 1.81. The molecule has 0 aliphatic carbocycles. The lowest BCUT2D eigenvalue weighted by Gasteiger charge is -2.06. The molecule has 2 aromatic heterocycles. The van der Waals surface area contributed by atoms with Gasteiger partial charge < -0.3 is 5.11 Å². The Balaban J connectivity index is 1.83. The summed E-state index contributed by atoms with van der Waals surface area (Å²) in [6.45, 7) is 0.426. The van der Waals surface area contributed by atoms with Crippen LogP contribution in [0.5, 0.6) is 6.01 Å². The molecule has 0 fully saturated rings. The van der Waals surface area contributed by atoms with Crippen LogP contribution in [-0.4, -0.2) is 24.8 Å². The minimum atomic E-state index is -0.430. The maximum atomic E-state index is 10.7. The van der Waals surface area contributed by atoms with E-state index in [1.165, 1.54) is 17.8 Å². The van der Waals surface area contributed by atoms with Crippen molar-refractivity contribution in [2.75, 3.05) is 0 Å². The predicted molar refractivity (Wildman–Crippen MR) is 82.3 cm³/mol. The zero-order chi connectivity index (χ0) is 15.5. The van der Waals surface area contributed by atoms with Crippen LogP contribution in [0.1, 0.15) is 5.56 Å². The van der Waals surface area contributed by atoms with E-state index in [1.54, 1.807) is 10.6 Å². The summed E-state index contributed by atoms with van der Waals surface area (Å²) in [7, 11) is 0. The number of nitrogens with zero attached hydrogens (tertiary/aromatic N) is 4. The number of hydrogen-bond donors (Lipinski definition) is 1. The van der Waals surface area contributed by atoms with Crippen molar-refractivity contribution in [3.8, 4) is 6.01 Å². The smallest absolute Gasteiger partial charge is 0.325 e. The summed E-state index contributed by atoms with van der Waals surface area (Å²) in [6.07, 6.45) is 0. The van der Waals surface area contributed by atoms with Crippen molar-refractivity contribution in [3.63, 3.8) is 0 Å². The van der Waals surface area contributed by atoms with Crippen LogP contribution < -0.4 is 0 Å². The average Bonchev–Trinajstić information content (AvgIpc) is 3.11. The number of thiophene rings is 1. The molecule has 1 aromatic carbocycles. The van der Waals surface area contributed by atoms with Crippen molar-refractivity contribution >= 4 is 28.1 Å². The molecule has 2 heterocycles. The van der Waals surface area contributed by atoms with Gasteiger partial charge in [-0.2, -0.15) is 0 Å². The van der Waals surface area contributed by atoms with E-state index in [0.717, 1.165) is 16.9 Å². The highest BCUT2D eigenvalue weighted by molar-refractivity contribution is 8.01. The van der Waals surface area contributed by atoms with E-state index >= 15 is 0 Å². The van der Waals surface area contributed by atoms with E-state index in [2.05, 4.69) is 10.2 Å². The lowest BCUT2D eigenvalue weighted by atomic mass is 10.2. The standard InChI is InChI=1S/C13H10N4O3S2/c18-12-14-15-13(16(12)8-9-4-2-1-3-5-9)22-11-7-6-10(21-11)17(19)20/h1-7H,8H2,(H,14,18). The topological polar surface area (TPSA) is 94.1 Å². The Labute approximate surface area is 133 Å². The van der Waals surface area contributed by atoms with Crippen LogP contribution in [0, 0.1) is 10.1 Å². The Kier molecular flexibility index (Phi) is 4.07. The molecular formula is C13H10N4O3S2. The molecule has 22 heavy (non-hydrogen) atoms. The molecule has 0 unspecified atom stereocenters. The number of aromatic hydroxyl groups is 1. The Hall–Kier alpha value is -2.39. The first-order valence-electron chi connectivity index (χ1n) is 6.21. The van der Waals surface area contributed by atoms with Gasteiger partial charge in [0.05, 0.1) is 15.7 Å². The molecule has 0 saturated carbocycles. The summed E-state index contributed by atoms with van der Waals surface area (Å²) in [4.78, 5) is 10.3. The molecule has 7 nitrogen and oxygen atoms in total. The Bertz CT molecular complexity index is 801. The average molecular weight is 334 g/mol. The van der Waals surface area contributed by atoms with Crippen LogP contribution >= 0.6 is 23.1 Å². The highest BCUT2D eigenvalue weighted by Crippen LogP contribution is 2.36. The van der Waals surface area contributed by atoms with Crippen LogP contribution in [0.3, 0.4) is 0 Å². The van der Waals surface area contributed by atoms with E-state index in [0.29, 0.717) is 15.9 Å². The Morgan fingerprint density at radius 1 is 1.23 bits per heavy atom. The summed E-state index contributed by atoms with van der Waals surface area (Å²) >= 11 is 2.30. The second-order valence-corrected chi connectivity index (χ2v) is 6.64. The van der Waals surface area contributed by atoms with Crippen molar-refractivity contribution in [3.05, 3.63) is 58.1 Å². The van der Waals surface area contributed by atoms with Gasteiger partial charge in [0.25, 0.3) is 0 Å². The molecule has 3 aromatic rings. The molecule has 0 aliphatic heterocycles. The fourth-order valence-corrected chi connectivity index (χ4v) is 3.67. The molecule has 9 heteroatoms. The van der Waals surface area contributed by atoms with Crippen molar-refractivity contribution in [1.29, 1.82) is 0 Å². The molecule has 0 atom stereocenters. The van der Waals surface area contributed by atoms with Crippen LogP contribution in [0.25, 0.3) is 0 Å². The van der Waals surface area contributed by atoms with Gasteiger partial charge in [-0.25, -0.2) is 0 Å². The second kappa shape index (κ2) is 6.16. The summed E-state index contributed by atoms with van der Waals surface area (Å²) in [6, 6.07) is 12.5. The van der Waals surface area contributed by atoms with E-state index < -0.39 is 4.92 Å². The summed E-state index contributed by atoms with van der Waals surface area (Å²) in [5, 5.41) is 28.7. The number of nitro groups is 1. The monoisotopic (exact) mass is 334 g/mol. The van der Waals surface area contributed by atoms with Gasteiger partial charge >= 0.3 is 11.0 Å². The zero-order valence-corrected chi connectivity index (χ0v) is 12.8. The fraction of sp³-hybridized carbons (Fsp3) is 0.0769. The van der Waals surface area contributed by atoms with Gasteiger partial charge in [-0.05, 0) is 23.4 Å². The van der Waals surface area contributed by atoms with Crippen LogP contribution in [0.15, 0.2) is 51.8 Å². The first-order valence-corrected chi connectivity index (χ1v) is 7.85. The molecule has 0 spiro atoms. The number of benzene rings is 1. The van der Waals surface area contributed by atoms with Crippen LogP contribution in [-0.2, 0) is 6.54 Å².